The van der Waals surface area contributed by atoms with Gasteiger partial charge in [-0.1, -0.05) is 13.8 Å². The molecule has 9 nitrogen and oxygen atoms in total. The monoisotopic (exact) mass is 485 g/mol. The molecule has 1 atom stereocenters. The summed E-state index contributed by atoms with van der Waals surface area (Å²) < 4.78 is 59.7. The molecule has 32 heavy (non-hydrogen) atoms. The number of piperidine rings is 1. The number of carbonyl (C=O) groups excluding carboxylic acids is 1. The van der Waals surface area contributed by atoms with E-state index in [4.69, 9.17) is 4.74 Å². The lowest BCUT2D eigenvalue weighted by Crippen LogP contribution is -2.68. The van der Waals surface area contributed by atoms with Gasteiger partial charge in [0.2, 0.25) is 26.0 Å². The Morgan fingerprint density at radius 2 is 1.66 bits per heavy atom. The summed E-state index contributed by atoms with van der Waals surface area (Å²) in [5.74, 6) is -0.331. The van der Waals surface area contributed by atoms with Crippen LogP contribution in [0.4, 0.5) is 0 Å². The number of benzene rings is 1. The minimum atomic E-state index is -3.82. The van der Waals surface area contributed by atoms with Crippen LogP contribution >= 0.6 is 0 Å². The smallest absolute Gasteiger partial charge is 0.243 e. The number of amides is 1. The molecular formula is C21H31N3O6S2. The first-order valence-corrected chi connectivity index (χ1v) is 14.0. The van der Waals surface area contributed by atoms with E-state index in [1.807, 2.05) is 4.90 Å². The normalized spacial score (nSPS) is 23.7. The zero-order valence-corrected chi connectivity index (χ0v) is 20.2. The Kier molecular flexibility index (Phi) is 6.40. The van der Waals surface area contributed by atoms with Crippen LogP contribution in [-0.2, 0) is 29.6 Å². The van der Waals surface area contributed by atoms with E-state index in [9.17, 15) is 21.6 Å². The highest BCUT2D eigenvalue weighted by Gasteiger charge is 2.51. The Hall–Kier alpha value is -1.53. The summed E-state index contributed by atoms with van der Waals surface area (Å²) in [6, 6.07) is 5.36. The fourth-order valence-electron chi connectivity index (χ4n) is 4.76. The average molecular weight is 486 g/mol. The van der Waals surface area contributed by atoms with Crippen LogP contribution in [0.1, 0.15) is 26.7 Å². The summed E-state index contributed by atoms with van der Waals surface area (Å²) in [6.45, 7) is 7.48. The molecule has 0 aromatic heterocycles. The number of rotatable bonds is 7. The minimum absolute atomic E-state index is 0.0167. The number of likely N-dealkylation sites (tertiary alicyclic amines) is 1. The molecule has 4 rings (SSSR count). The second-order valence-electron chi connectivity index (χ2n) is 8.95. The number of ether oxygens (including phenoxy) is 1. The van der Waals surface area contributed by atoms with Crippen LogP contribution in [0, 0.1) is 11.3 Å². The second kappa shape index (κ2) is 8.68. The van der Waals surface area contributed by atoms with Gasteiger partial charge in [0.1, 0.15) is 0 Å². The summed E-state index contributed by atoms with van der Waals surface area (Å²) >= 11 is 0. The lowest BCUT2D eigenvalue weighted by molar-refractivity contribution is -0.198. The van der Waals surface area contributed by atoms with Gasteiger partial charge in [-0.3, -0.25) is 4.79 Å². The van der Waals surface area contributed by atoms with Crippen LogP contribution in [0.5, 0.6) is 0 Å². The maximum absolute atomic E-state index is 13.2. The van der Waals surface area contributed by atoms with Crippen LogP contribution in [0.2, 0.25) is 0 Å². The van der Waals surface area contributed by atoms with E-state index in [1.54, 1.807) is 13.8 Å². The van der Waals surface area contributed by atoms with Crippen LogP contribution in [-0.4, -0.2) is 88.7 Å². The third-order valence-electron chi connectivity index (χ3n) is 6.72. The summed E-state index contributed by atoms with van der Waals surface area (Å²) in [5, 5.41) is 0. The van der Waals surface area contributed by atoms with Gasteiger partial charge in [-0.25, -0.2) is 16.8 Å². The Morgan fingerprint density at radius 1 is 1.06 bits per heavy atom. The third kappa shape index (κ3) is 4.09. The van der Waals surface area contributed by atoms with Crippen molar-refractivity contribution < 1.29 is 26.4 Å². The van der Waals surface area contributed by atoms with Gasteiger partial charge in [0.15, 0.2) is 0 Å². The highest BCUT2D eigenvalue weighted by molar-refractivity contribution is 7.89. The van der Waals surface area contributed by atoms with Crippen molar-refractivity contribution in [1.82, 2.24) is 13.5 Å². The van der Waals surface area contributed by atoms with E-state index >= 15 is 0 Å². The maximum atomic E-state index is 13.2. The number of hydrogen-bond donors (Lipinski definition) is 0. The first kappa shape index (κ1) is 23.6. The Balaban J connectivity index is 1.45. The van der Waals surface area contributed by atoms with Crippen molar-refractivity contribution in [2.45, 2.75) is 36.5 Å². The highest BCUT2D eigenvalue weighted by Crippen LogP contribution is 2.39. The molecule has 1 aromatic rings. The van der Waals surface area contributed by atoms with Crippen molar-refractivity contribution in [2.24, 2.45) is 11.3 Å². The predicted molar refractivity (Wildman–Crippen MR) is 118 cm³/mol. The molecule has 0 saturated carbocycles. The summed E-state index contributed by atoms with van der Waals surface area (Å²) in [5.41, 5.74) is 0.128. The largest absolute Gasteiger partial charge is 0.380 e. The minimum Gasteiger partial charge on any atom is -0.380 e. The SMILES string of the molecule is CCN(CC)S(=O)(=O)c1ccc(S(=O)(=O)N2CCCC(C(=O)N3CC4(COC4)C3)C2)cc1. The first-order valence-electron chi connectivity index (χ1n) is 11.1. The molecule has 1 unspecified atom stereocenters. The number of carbonyl (C=O) groups is 1. The van der Waals surface area contributed by atoms with Crippen LogP contribution in [0.3, 0.4) is 0 Å². The van der Waals surface area contributed by atoms with E-state index < -0.39 is 20.0 Å². The Bertz CT molecular complexity index is 1060. The summed E-state index contributed by atoms with van der Waals surface area (Å²) in [4.78, 5) is 14.8. The topological polar surface area (TPSA) is 104 Å². The molecule has 178 valence electrons. The molecule has 3 heterocycles. The maximum Gasteiger partial charge on any atom is 0.243 e. The van der Waals surface area contributed by atoms with Crippen molar-refractivity contribution >= 4 is 26.0 Å². The molecule has 1 aromatic carbocycles. The Morgan fingerprint density at radius 3 is 2.19 bits per heavy atom. The van der Waals surface area contributed by atoms with Gasteiger partial charge in [0.05, 0.1) is 34.3 Å². The number of nitrogens with zero attached hydrogens (tertiary/aromatic N) is 3. The molecule has 3 aliphatic rings. The predicted octanol–water partition coefficient (Wildman–Crippen LogP) is 0.977. The summed E-state index contributed by atoms with van der Waals surface area (Å²) in [6.07, 6.45) is 1.29. The van der Waals surface area contributed by atoms with Gasteiger partial charge in [0.25, 0.3) is 0 Å². The lowest BCUT2D eigenvalue weighted by Gasteiger charge is -2.55. The van der Waals surface area contributed by atoms with Crippen molar-refractivity contribution in [2.75, 3.05) is 52.5 Å². The van der Waals surface area contributed by atoms with Gasteiger partial charge in [-0.05, 0) is 37.1 Å². The van der Waals surface area contributed by atoms with Gasteiger partial charge in [-0.15, -0.1) is 0 Å². The molecule has 11 heteroatoms. The molecule has 3 fully saturated rings. The average Bonchev–Trinajstić information content (AvgIpc) is 2.72. The summed E-state index contributed by atoms with van der Waals surface area (Å²) in [7, 11) is -7.47. The fourth-order valence-corrected chi connectivity index (χ4v) is 7.74. The lowest BCUT2D eigenvalue weighted by atomic mass is 9.77. The Labute approximate surface area is 190 Å². The molecule has 3 saturated heterocycles. The van der Waals surface area contributed by atoms with E-state index in [0.717, 1.165) is 0 Å². The van der Waals surface area contributed by atoms with E-state index in [1.165, 1.54) is 32.9 Å². The van der Waals surface area contributed by atoms with E-state index in [-0.39, 0.29) is 33.6 Å². The van der Waals surface area contributed by atoms with Crippen molar-refractivity contribution in [1.29, 1.82) is 0 Å². The van der Waals surface area contributed by atoms with Gasteiger partial charge in [0, 0.05) is 39.3 Å². The van der Waals surface area contributed by atoms with Crippen molar-refractivity contribution in [3.8, 4) is 0 Å². The molecule has 0 N–H and O–H groups in total. The van der Waals surface area contributed by atoms with Gasteiger partial charge < -0.3 is 9.64 Å². The molecule has 1 amide bonds. The second-order valence-corrected chi connectivity index (χ2v) is 12.8. The molecule has 0 radical (unpaired) electrons. The van der Waals surface area contributed by atoms with E-state index in [2.05, 4.69) is 0 Å². The zero-order valence-electron chi connectivity index (χ0n) is 18.6. The first-order chi connectivity index (χ1) is 15.1. The third-order valence-corrected chi connectivity index (χ3v) is 10.7. The van der Waals surface area contributed by atoms with Crippen molar-refractivity contribution in [3.05, 3.63) is 24.3 Å². The molecule has 3 aliphatic heterocycles. The van der Waals surface area contributed by atoms with Crippen LogP contribution in [0.15, 0.2) is 34.1 Å². The van der Waals surface area contributed by atoms with Crippen LogP contribution in [0.25, 0.3) is 0 Å². The van der Waals surface area contributed by atoms with Gasteiger partial charge in [-0.2, -0.15) is 8.61 Å². The van der Waals surface area contributed by atoms with Gasteiger partial charge >= 0.3 is 0 Å². The standard InChI is InChI=1S/C21H31N3O6S2/c1-3-23(4-2)31(26,27)18-7-9-19(10-8-18)32(28,29)24-11-5-6-17(12-24)20(25)22-13-21(14-22)15-30-16-21/h7-10,17H,3-6,11-16H2,1-2H3. The van der Waals surface area contributed by atoms with Crippen molar-refractivity contribution in [3.63, 3.8) is 0 Å². The molecule has 1 spiro atoms. The van der Waals surface area contributed by atoms with E-state index in [0.29, 0.717) is 58.8 Å². The molecular weight excluding hydrogens is 454 g/mol. The fraction of sp³-hybridized carbons (Fsp3) is 0.667. The van der Waals surface area contributed by atoms with Crippen LogP contribution < -0.4 is 0 Å². The number of sulfonamides is 2. The quantitative estimate of drug-likeness (QED) is 0.570. The molecule has 0 aliphatic carbocycles. The number of hydrogen-bond acceptors (Lipinski definition) is 6. The molecule has 0 bridgehead atoms. The zero-order chi connectivity index (χ0) is 23.1. The highest BCUT2D eigenvalue weighted by atomic mass is 32.2.